The lowest BCUT2D eigenvalue weighted by Crippen LogP contribution is -2.21. The first-order valence-electron chi connectivity index (χ1n) is 7.56. The van der Waals surface area contributed by atoms with E-state index in [1.807, 2.05) is 26.0 Å². The van der Waals surface area contributed by atoms with E-state index in [-0.39, 0.29) is 12.5 Å². The third-order valence-electron chi connectivity index (χ3n) is 3.52. The number of carbonyl (C=O) groups is 1. The maximum Gasteiger partial charge on any atom is 0.262 e. The molecule has 3 rings (SSSR count). The quantitative estimate of drug-likeness (QED) is 0.759. The fourth-order valence-corrected chi connectivity index (χ4v) is 2.74. The van der Waals surface area contributed by atoms with Gasteiger partial charge in [-0.15, -0.1) is 5.10 Å². The number of nitrogens with zero attached hydrogens (tertiary/aromatic N) is 4. The number of amides is 1. The van der Waals surface area contributed by atoms with Crippen LogP contribution in [0.15, 0.2) is 42.7 Å². The van der Waals surface area contributed by atoms with Crippen molar-refractivity contribution in [2.75, 3.05) is 11.9 Å². The molecule has 0 radical (unpaired) electrons. The number of hydrogen-bond donors (Lipinski definition) is 1. The highest BCUT2D eigenvalue weighted by Crippen LogP contribution is 2.27. The molecular formula is C17H16ClN5O2. The average Bonchev–Trinajstić information content (AvgIpc) is 3.11. The van der Waals surface area contributed by atoms with Crippen LogP contribution >= 0.6 is 11.6 Å². The van der Waals surface area contributed by atoms with Crippen molar-refractivity contribution in [2.24, 2.45) is 0 Å². The first-order valence-corrected chi connectivity index (χ1v) is 7.93. The molecule has 0 spiro atoms. The summed E-state index contributed by atoms with van der Waals surface area (Å²) >= 11 is 6.19. The van der Waals surface area contributed by atoms with Crippen molar-refractivity contribution in [3.05, 3.63) is 58.9 Å². The first kappa shape index (κ1) is 16.9. The molecule has 1 heterocycles. The van der Waals surface area contributed by atoms with Gasteiger partial charge in [-0.05, 0) is 65.7 Å². The van der Waals surface area contributed by atoms with Crippen LogP contribution in [-0.2, 0) is 4.79 Å². The highest BCUT2D eigenvalue weighted by molar-refractivity contribution is 6.34. The normalized spacial score (nSPS) is 10.5. The molecule has 0 saturated carbocycles. The Morgan fingerprint density at radius 2 is 2.00 bits per heavy atom. The van der Waals surface area contributed by atoms with Crippen molar-refractivity contribution in [1.29, 1.82) is 0 Å². The van der Waals surface area contributed by atoms with E-state index in [2.05, 4.69) is 20.8 Å². The van der Waals surface area contributed by atoms with Gasteiger partial charge in [0.2, 0.25) is 0 Å². The van der Waals surface area contributed by atoms with Crippen molar-refractivity contribution >= 4 is 23.2 Å². The maximum atomic E-state index is 12.1. The van der Waals surface area contributed by atoms with Gasteiger partial charge in [-0.3, -0.25) is 4.79 Å². The van der Waals surface area contributed by atoms with Crippen molar-refractivity contribution < 1.29 is 9.53 Å². The summed E-state index contributed by atoms with van der Waals surface area (Å²) in [5, 5.41) is 14.2. The predicted octanol–water partition coefficient (Wildman–Crippen LogP) is 2.95. The van der Waals surface area contributed by atoms with E-state index in [9.17, 15) is 4.79 Å². The molecule has 0 atom stereocenters. The topological polar surface area (TPSA) is 81.9 Å². The van der Waals surface area contributed by atoms with Gasteiger partial charge < -0.3 is 10.1 Å². The maximum absolute atomic E-state index is 12.1. The molecule has 0 saturated heterocycles. The highest BCUT2D eigenvalue weighted by Gasteiger charge is 2.10. The SMILES string of the molecule is Cc1cc(C)c(NC(=O)COc2ccc(-n3cnnn3)cc2)c(Cl)c1. The summed E-state index contributed by atoms with van der Waals surface area (Å²) in [4.78, 5) is 12.1. The minimum atomic E-state index is -0.279. The lowest BCUT2D eigenvalue weighted by molar-refractivity contribution is -0.118. The fourth-order valence-electron chi connectivity index (χ4n) is 2.37. The van der Waals surface area contributed by atoms with Crippen molar-refractivity contribution in [1.82, 2.24) is 20.2 Å². The fraction of sp³-hybridized carbons (Fsp3) is 0.176. The Morgan fingerprint density at radius 3 is 2.64 bits per heavy atom. The summed E-state index contributed by atoms with van der Waals surface area (Å²) < 4.78 is 7.03. The number of anilines is 1. The second kappa shape index (κ2) is 7.31. The number of carbonyl (C=O) groups excluding carboxylic acids is 1. The van der Waals surface area contributed by atoms with E-state index in [0.717, 1.165) is 16.8 Å². The summed E-state index contributed by atoms with van der Waals surface area (Å²) in [6.07, 6.45) is 1.50. The van der Waals surface area contributed by atoms with Crippen molar-refractivity contribution in [2.45, 2.75) is 13.8 Å². The van der Waals surface area contributed by atoms with Crippen LogP contribution in [0.2, 0.25) is 5.02 Å². The van der Waals surface area contributed by atoms with E-state index in [1.165, 1.54) is 11.0 Å². The molecule has 0 aliphatic rings. The number of ether oxygens (including phenoxy) is 1. The molecule has 8 heteroatoms. The molecule has 7 nitrogen and oxygen atoms in total. The van der Waals surface area contributed by atoms with Crippen LogP contribution < -0.4 is 10.1 Å². The summed E-state index contributed by atoms with van der Waals surface area (Å²) in [5.41, 5.74) is 3.35. The van der Waals surface area contributed by atoms with Crippen LogP contribution in [0, 0.1) is 13.8 Å². The standard InChI is InChI=1S/C17H16ClN5O2/c1-11-7-12(2)17(15(18)8-11)20-16(24)9-25-14-5-3-13(4-6-14)23-10-19-21-22-23/h3-8,10H,9H2,1-2H3,(H,20,24). The van der Waals surface area contributed by atoms with Crippen LogP contribution in [0.1, 0.15) is 11.1 Å². The van der Waals surface area contributed by atoms with Gasteiger partial charge in [0.15, 0.2) is 6.61 Å². The number of nitrogens with one attached hydrogen (secondary N) is 1. The van der Waals surface area contributed by atoms with Crippen LogP contribution in [0.5, 0.6) is 5.75 Å². The van der Waals surface area contributed by atoms with Gasteiger partial charge in [-0.1, -0.05) is 17.7 Å². The van der Waals surface area contributed by atoms with E-state index < -0.39 is 0 Å². The van der Waals surface area contributed by atoms with Gasteiger partial charge in [0.05, 0.1) is 16.4 Å². The van der Waals surface area contributed by atoms with Gasteiger partial charge in [0, 0.05) is 0 Å². The number of rotatable bonds is 5. The summed E-state index contributed by atoms with van der Waals surface area (Å²) in [6.45, 7) is 3.73. The van der Waals surface area contributed by atoms with Gasteiger partial charge in [0.1, 0.15) is 12.1 Å². The third-order valence-corrected chi connectivity index (χ3v) is 3.81. The molecule has 1 amide bonds. The minimum Gasteiger partial charge on any atom is -0.484 e. The number of hydrogen-bond acceptors (Lipinski definition) is 5. The number of tetrazole rings is 1. The molecule has 0 bridgehead atoms. The minimum absolute atomic E-state index is 0.117. The Labute approximate surface area is 149 Å². The monoisotopic (exact) mass is 357 g/mol. The Morgan fingerprint density at radius 1 is 1.24 bits per heavy atom. The Bertz CT molecular complexity index is 856. The van der Waals surface area contributed by atoms with E-state index in [1.54, 1.807) is 24.3 Å². The summed E-state index contributed by atoms with van der Waals surface area (Å²) in [5.74, 6) is 0.289. The van der Waals surface area contributed by atoms with E-state index in [4.69, 9.17) is 16.3 Å². The van der Waals surface area contributed by atoms with Crippen LogP contribution in [0.4, 0.5) is 5.69 Å². The molecule has 128 valence electrons. The molecule has 2 aromatic carbocycles. The zero-order valence-electron chi connectivity index (χ0n) is 13.7. The zero-order chi connectivity index (χ0) is 17.8. The number of aromatic nitrogens is 4. The second-order valence-electron chi connectivity index (χ2n) is 5.52. The molecule has 3 aromatic rings. The first-order chi connectivity index (χ1) is 12.0. The van der Waals surface area contributed by atoms with Crippen LogP contribution in [0.25, 0.3) is 5.69 Å². The molecule has 1 N–H and O–H groups in total. The zero-order valence-corrected chi connectivity index (χ0v) is 14.5. The average molecular weight is 358 g/mol. The van der Waals surface area contributed by atoms with E-state index in [0.29, 0.717) is 16.5 Å². The van der Waals surface area contributed by atoms with Crippen molar-refractivity contribution in [3.63, 3.8) is 0 Å². The van der Waals surface area contributed by atoms with Gasteiger partial charge in [-0.25, -0.2) is 4.68 Å². The smallest absolute Gasteiger partial charge is 0.262 e. The largest absolute Gasteiger partial charge is 0.484 e. The van der Waals surface area contributed by atoms with Crippen LogP contribution in [-0.4, -0.2) is 32.7 Å². The number of aryl methyl sites for hydroxylation is 2. The number of benzene rings is 2. The highest BCUT2D eigenvalue weighted by atomic mass is 35.5. The summed E-state index contributed by atoms with van der Waals surface area (Å²) in [6, 6.07) is 10.8. The molecule has 0 aliphatic carbocycles. The third kappa shape index (κ3) is 4.13. The van der Waals surface area contributed by atoms with Crippen molar-refractivity contribution in [3.8, 4) is 11.4 Å². The lowest BCUT2D eigenvalue weighted by atomic mass is 10.1. The van der Waals surface area contributed by atoms with Gasteiger partial charge in [0.25, 0.3) is 5.91 Å². The Hall–Kier alpha value is -2.93. The Kier molecular flexibility index (Phi) is 4.95. The lowest BCUT2D eigenvalue weighted by Gasteiger charge is -2.12. The second-order valence-corrected chi connectivity index (χ2v) is 5.93. The molecule has 0 aliphatic heterocycles. The predicted molar refractivity (Wildman–Crippen MR) is 94.2 cm³/mol. The molecule has 0 unspecified atom stereocenters. The number of halogens is 1. The molecule has 25 heavy (non-hydrogen) atoms. The van der Waals surface area contributed by atoms with E-state index >= 15 is 0 Å². The Balaban J connectivity index is 1.59. The molecule has 0 fully saturated rings. The van der Waals surface area contributed by atoms with Gasteiger partial charge in [-0.2, -0.15) is 0 Å². The van der Waals surface area contributed by atoms with Crippen LogP contribution in [0.3, 0.4) is 0 Å². The van der Waals surface area contributed by atoms with Gasteiger partial charge >= 0.3 is 0 Å². The summed E-state index contributed by atoms with van der Waals surface area (Å²) in [7, 11) is 0. The molecule has 1 aromatic heterocycles. The molecular weight excluding hydrogens is 342 g/mol.